The van der Waals surface area contributed by atoms with Crippen molar-refractivity contribution < 1.29 is 22.0 Å². The van der Waals surface area contributed by atoms with Gasteiger partial charge in [0.25, 0.3) is 0 Å². The van der Waals surface area contributed by atoms with E-state index in [0.717, 1.165) is 35.7 Å². The Morgan fingerprint density at radius 2 is 1.74 bits per heavy atom. The number of benzene rings is 1. The number of carbonyl (C=O) groups excluding carboxylic acids is 1. The average Bonchev–Trinajstić information content (AvgIpc) is 2.79. The Morgan fingerprint density at radius 3 is 2.41 bits per heavy atom. The van der Waals surface area contributed by atoms with Gasteiger partial charge in [0.05, 0.1) is 17.7 Å². The molecule has 0 unspecified atom stereocenters. The highest BCUT2D eigenvalue weighted by Crippen LogP contribution is 2.60. The van der Waals surface area contributed by atoms with Crippen molar-refractivity contribution in [3.8, 4) is 0 Å². The molecular weight excluding hydrogens is 462 g/mol. The fraction of sp³-hybridized carbons (Fsp3) is 0.542. The molecule has 5 aliphatic rings. The van der Waals surface area contributed by atoms with Crippen molar-refractivity contribution >= 4 is 21.7 Å². The van der Waals surface area contributed by atoms with E-state index >= 15 is 0 Å². The second-order valence-corrected chi connectivity index (χ2v) is 12.4. The number of rotatable bonds is 4. The van der Waals surface area contributed by atoms with E-state index in [2.05, 4.69) is 15.3 Å². The fourth-order valence-electron chi connectivity index (χ4n) is 7.09. The van der Waals surface area contributed by atoms with Crippen LogP contribution < -0.4 is 5.32 Å². The van der Waals surface area contributed by atoms with Gasteiger partial charge in [-0.2, -0.15) is 4.31 Å². The molecular formula is C24H26F2N4O3S. The van der Waals surface area contributed by atoms with Crippen LogP contribution in [0.15, 0.2) is 29.4 Å². The Bertz CT molecular complexity index is 1250. The highest BCUT2D eigenvalue weighted by molar-refractivity contribution is 7.89. The van der Waals surface area contributed by atoms with Crippen LogP contribution in [0, 0.1) is 34.8 Å². The maximum absolute atomic E-state index is 14.2. The van der Waals surface area contributed by atoms with Gasteiger partial charge in [0.2, 0.25) is 15.9 Å². The zero-order valence-electron chi connectivity index (χ0n) is 18.6. The summed E-state index contributed by atoms with van der Waals surface area (Å²) in [6.07, 6.45) is 8.11. The van der Waals surface area contributed by atoms with Crippen LogP contribution in [0.4, 0.5) is 14.6 Å². The number of carbonyl (C=O) groups is 1. The Balaban J connectivity index is 1.24. The van der Waals surface area contributed by atoms with E-state index in [1.807, 2.05) is 0 Å². The first-order valence-electron chi connectivity index (χ1n) is 11.8. The molecule has 1 aromatic heterocycles. The van der Waals surface area contributed by atoms with E-state index in [9.17, 15) is 22.0 Å². The lowest BCUT2D eigenvalue weighted by Gasteiger charge is -2.55. The molecule has 0 spiro atoms. The molecule has 4 bridgehead atoms. The average molecular weight is 489 g/mol. The van der Waals surface area contributed by atoms with Crippen molar-refractivity contribution in [3.05, 3.63) is 47.4 Å². The quantitative estimate of drug-likeness (QED) is 0.709. The van der Waals surface area contributed by atoms with Crippen LogP contribution in [0.5, 0.6) is 0 Å². The van der Waals surface area contributed by atoms with Crippen molar-refractivity contribution in [1.29, 1.82) is 0 Å². The third-order valence-electron chi connectivity index (χ3n) is 8.23. The summed E-state index contributed by atoms with van der Waals surface area (Å²) in [6.45, 7) is -0.0464. The lowest BCUT2D eigenvalue weighted by molar-refractivity contribution is -0.140. The van der Waals surface area contributed by atoms with Gasteiger partial charge in [-0.05, 0) is 80.9 Å². The molecule has 34 heavy (non-hydrogen) atoms. The van der Waals surface area contributed by atoms with Gasteiger partial charge < -0.3 is 5.32 Å². The number of sulfonamides is 1. The number of amides is 1. The van der Waals surface area contributed by atoms with Crippen LogP contribution in [0.1, 0.15) is 49.8 Å². The summed E-state index contributed by atoms with van der Waals surface area (Å²) in [5.74, 6) is 0.534. The summed E-state index contributed by atoms with van der Waals surface area (Å²) in [7, 11) is -4.25. The number of aromatic nitrogens is 2. The van der Waals surface area contributed by atoms with Gasteiger partial charge >= 0.3 is 0 Å². The predicted molar refractivity (Wildman–Crippen MR) is 119 cm³/mol. The zero-order chi connectivity index (χ0) is 23.7. The lowest BCUT2D eigenvalue weighted by atomic mass is 9.49. The molecule has 180 valence electrons. The molecule has 1 aliphatic heterocycles. The largest absolute Gasteiger partial charge is 0.310 e. The standard InChI is InChI=1S/C24H26F2N4O3S/c25-17-1-2-19(26)21(8-17)34(32,33)30-4-3-18-20(12-30)27-13-28-22(18)29-23(31)24-9-14-5-15(10-24)7-16(6-14)11-24/h1-2,8,13-16H,3-7,9-12H2,(H,27,28,29,31). The normalized spacial score (nSPS) is 30.2. The van der Waals surface area contributed by atoms with Crippen molar-refractivity contribution in [2.24, 2.45) is 23.2 Å². The summed E-state index contributed by atoms with van der Waals surface area (Å²) < 4.78 is 54.9. The van der Waals surface area contributed by atoms with Gasteiger partial charge in [0.1, 0.15) is 28.7 Å². The number of hydrogen-bond acceptors (Lipinski definition) is 5. The minimum absolute atomic E-state index is 0.0179. The van der Waals surface area contributed by atoms with Crippen molar-refractivity contribution in [3.63, 3.8) is 0 Å². The molecule has 2 aromatic rings. The third-order valence-corrected chi connectivity index (χ3v) is 10.1. The monoisotopic (exact) mass is 488 g/mol. The third kappa shape index (κ3) is 3.53. The molecule has 0 atom stereocenters. The van der Waals surface area contributed by atoms with Crippen LogP contribution >= 0.6 is 0 Å². The molecule has 10 heteroatoms. The topological polar surface area (TPSA) is 92.3 Å². The second-order valence-electron chi connectivity index (χ2n) is 10.5. The first-order chi connectivity index (χ1) is 16.2. The first kappa shape index (κ1) is 22.0. The van der Waals surface area contributed by atoms with E-state index in [-0.39, 0.29) is 30.8 Å². The molecule has 1 amide bonds. The second kappa shape index (κ2) is 7.78. The van der Waals surface area contributed by atoms with E-state index in [0.29, 0.717) is 40.9 Å². The number of nitrogens with zero attached hydrogens (tertiary/aromatic N) is 3. The minimum Gasteiger partial charge on any atom is -0.310 e. The van der Waals surface area contributed by atoms with E-state index in [1.54, 1.807) is 0 Å². The molecule has 4 aliphatic carbocycles. The Labute approximate surface area is 197 Å². The molecule has 0 radical (unpaired) electrons. The summed E-state index contributed by atoms with van der Waals surface area (Å²) in [6, 6.07) is 2.38. The molecule has 1 N–H and O–H groups in total. The first-order valence-corrected chi connectivity index (χ1v) is 13.3. The van der Waals surface area contributed by atoms with Gasteiger partial charge in [0, 0.05) is 12.1 Å². The number of anilines is 1. The summed E-state index contributed by atoms with van der Waals surface area (Å²) in [5, 5.41) is 3.06. The molecule has 7 rings (SSSR count). The highest BCUT2D eigenvalue weighted by Gasteiger charge is 2.54. The van der Waals surface area contributed by atoms with Crippen molar-refractivity contribution in [2.45, 2.75) is 56.4 Å². The van der Waals surface area contributed by atoms with Crippen molar-refractivity contribution in [2.75, 3.05) is 11.9 Å². The Hall–Kier alpha value is -2.46. The van der Waals surface area contributed by atoms with Crippen LogP contribution in [0.2, 0.25) is 0 Å². The van der Waals surface area contributed by atoms with Crippen LogP contribution in [0.3, 0.4) is 0 Å². The number of nitrogens with one attached hydrogen (secondary N) is 1. The van der Waals surface area contributed by atoms with Gasteiger partial charge in [-0.3, -0.25) is 4.79 Å². The van der Waals surface area contributed by atoms with Crippen molar-refractivity contribution in [1.82, 2.24) is 14.3 Å². The number of halogens is 2. The molecule has 4 fully saturated rings. The molecule has 4 saturated carbocycles. The zero-order valence-corrected chi connectivity index (χ0v) is 19.5. The molecule has 1 aromatic carbocycles. The van der Waals surface area contributed by atoms with Crippen LogP contribution in [-0.2, 0) is 27.8 Å². The number of hydrogen-bond donors (Lipinski definition) is 1. The maximum atomic E-state index is 14.2. The molecule has 0 saturated heterocycles. The number of fused-ring (bicyclic) bond motifs is 1. The smallest absolute Gasteiger partial charge is 0.246 e. The highest BCUT2D eigenvalue weighted by atomic mass is 32.2. The van der Waals surface area contributed by atoms with Gasteiger partial charge in [-0.1, -0.05) is 0 Å². The molecule has 2 heterocycles. The summed E-state index contributed by atoms with van der Waals surface area (Å²) in [5.41, 5.74) is 0.833. The Kier molecular flexibility index (Phi) is 5.04. The van der Waals surface area contributed by atoms with Gasteiger partial charge in [0.15, 0.2) is 0 Å². The molecule has 7 nitrogen and oxygen atoms in total. The van der Waals surface area contributed by atoms with E-state index < -0.39 is 26.6 Å². The van der Waals surface area contributed by atoms with Gasteiger partial charge in [-0.25, -0.2) is 27.2 Å². The van der Waals surface area contributed by atoms with Gasteiger partial charge in [-0.15, -0.1) is 0 Å². The van der Waals surface area contributed by atoms with E-state index in [1.165, 1.54) is 25.6 Å². The maximum Gasteiger partial charge on any atom is 0.246 e. The lowest BCUT2D eigenvalue weighted by Crippen LogP contribution is -2.52. The van der Waals surface area contributed by atoms with E-state index in [4.69, 9.17) is 0 Å². The SMILES string of the molecule is O=C(Nc1ncnc2c1CCN(S(=O)(=O)c1cc(F)ccc1F)C2)C12CC3CC(CC(C3)C1)C2. The predicted octanol–water partition coefficient (Wildman–Crippen LogP) is 3.66. The summed E-state index contributed by atoms with van der Waals surface area (Å²) in [4.78, 5) is 21.3. The minimum atomic E-state index is -4.25. The van der Waals surface area contributed by atoms with Crippen LogP contribution in [0.25, 0.3) is 0 Å². The Morgan fingerprint density at radius 1 is 1.06 bits per heavy atom. The fourth-order valence-corrected chi connectivity index (χ4v) is 8.56. The van der Waals surface area contributed by atoms with Crippen LogP contribution in [-0.4, -0.2) is 35.1 Å². The summed E-state index contributed by atoms with van der Waals surface area (Å²) >= 11 is 0.